The van der Waals surface area contributed by atoms with Gasteiger partial charge in [-0.2, -0.15) is 0 Å². The van der Waals surface area contributed by atoms with Crippen molar-refractivity contribution in [3.63, 3.8) is 0 Å². The highest BCUT2D eigenvalue weighted by Gasteiger charge is 2.51. The zero-order chi connectivity index (χ0) is 15.8. The van der Waals surface area contributed by atoms with E-state index in [1.165, 1.54) is 0 Å². The summed E-state index contributed by atoms with van der Waals surface area (Å²) in [4.78, 5) is 4.34. The Bertz CT molecular complexity index is 514. The lowest BCUT2D eigenvalue weighted by Gasteiger charge is -2.32. The molecule has 0 aliphatic carbocycles. The van der Waals surface area contributed by atoms with Crippen LogP contribution in [-0.2, 0) is 20.6 Å². The summed E-state index contributed by atoms with van der Waals surface area (Å²) >= 11 is 0. The molecular formula is C16H25BN2O3. The highest BCUT2D eigenvalue weighted by atomic mass is 16.7. The summed E-state index contributed by atoms with van der Waals surface area (Å²) < 4.78 is 17.5. The number of rotatable bonds is 4. The smallest absolute Gasteiger partial charge is 0.399 e. The van der Waals surface area contributed by atoms with Crippen molar-refractivity contribution >= 4 is 12.6 Å². The maximum absolute atomic E-state index is 6.08. The fourth-order valence-corrected chi connectivity index (χ4v) is 2.67. The maximum atomic E-state index is 6.08. The largest absolute Gasteiger partial charge is 0.496 e. The summed E-state index contributed by atoms with van der Waals surface area (Å²) in [6.07, 6.45) is 4.78. The van der Waals surface area contributed by atoms with E-state index in [1.807, 2.05) is 12.4 Å². The van der Waals surface area contributed by atoms with E-state index in [4.69, 9.17) is 14.0 Å². The molecule has 2 fully saturated rings. The fourth-order valence-electron chi connectivity index (χ4n) is 2.67. The van der Waals surface area contributed by atoms with Crippen molar-refractivity contribution in [2.75, 3.05) is 13.2 Å². The van der Waals surface area contributed by atoms with E-state index in [2.05, 4.69) is 44.1 Å². The van der Waals surface area contributed by atoms with Crippen LogP contribution in [0.5, 0.6) is 0 Å². The second-order valence-electron chi connectivity index (χ2n) is 7.16. The predicted molar refractivity (Wildman–Crippen MR) is 86.0 cm³/mol. The van der Waals surface area contributed by atoms with Crippen LogP contribution in [-0.4, -0.2) is 42.6 Å². The lowest BCUT2D eigenvalue weighted by molar-refractivity contribution is 0.00578. The molecule has 0 amide bonds. The number of ether oxygens (including phenoxy) is 1. The molecule has 1 aromatic heterocycles. The average Bonchev–Trinajstić information content (AvgIpc) is 3.04. The van der Waals surface area contributed by atoms with E-state index in [0.29, 0.717) is 6.04 Å². The zero-order valence-electron chi connectivity index (χ0n) is 13.9. The average molecular weight is 304 g/mol. The molecule has 1 aromatic rings. The molecule has 1 atom stereocenters. The lowest BCUT2D eigenvalue weighted by Crippen LogP contribution is -2.41. The summed E-state index contributed by atoms with van der Waals surface area (Å²) in [6, 6.07) is 2.55. The van der Waals surface area contributed by atoms with Gasteiger partial charge in [0.05, 0.1) is 17.8 Å². The van der Waals surface area contributed by atoms with E-state index < -0.39 is 0 Å². The Hall–Kier alpha value is -0.945. The molecule has 0 radical (unpaired) electrons. The molecule has 2 aliphatic rings. The first-order chi connectivity index (χ1) is 10.4. The van der Waals surface area contributed by atoms with E-state index in [-0.39, 0.29) is 18.3 Å². The van der Waals surface area contributed by atoms with Crippen LogP contribution in [0.1, 0.15) is 39.7 Å². The van der Waals surface area contributed by atoms with Crippen molar-refractivity contribution in [1.29, 1.82) is 0 Å². The van der Waals surface area contributed by atoms with Crippen molar-refractivity contribution in [3.8, 4) is 0 Å². The van der Waals surface area contributed by atoms with Gasteiger partial charge in [-0.15, -0.1) is 0 Å². The molecule has 3 rings (SSSR count). The molecule has 0 bridgehead atoms. The Morgan fingerprint density at radius 1 is 1.23 bits per heavy atom. The molecule has 0 aromatic carbocycles. The zero-order valence-corrected chi connectivity index (χ0v) is 13.9. The summed E-state index contributed by atoms with van der Waals surface area (Å²) in [6.45, 7) is 10.7. The van der Waals surface area contributed by atoms with Crippen molar-refractivity contribution in [3.05, 3.63) is 24.0 Å². The normalized spacial score (nSPS) is 26.5. The van der Waals surface area contributed by atoms with Gasteiger partial charge in [-0.3, -0.25) is 4.98 Å². The van der Waals surface area contributed by atoms with Crippen LogP contribution in [0.4, 0.5) is 0 Å². The molecule has 22 heavy (non-hydrogen) atoms. The predicted octanol–water partition coefficient (Wildman–Crippen LogP) is 1.26. The molecule has 2 aliphatic heterocycles. The van der Waals surface area contributed by atoms with Gasteiger partial charge in [0.15, 0.2) is 0 Å². The number of hydrogen-bond acceptors (Lipinski definition) is 5. The molecule has 0 spiro atoms. The van der Waals surface area contributed by atoms with Gasteiger partial charge in [-0.1, -0.05) is 6.07 Å². The minimum atomic E-state index is -0.354. The lowest BCUT2D eigenvalue weighted by atomic mass is 9.80. The van der Waals surface area contributed by atoms with Crippen LogP contribution in [0.25, 0.3) is 0 Å². The quantitative estimate of drug-likeness (QED) is 0.849. The maximum Gasteiger partial charge on any atom is 0.496 e. The number of hydrogen-bond donors (Lipinski definition) is 1. The second kappa shape index (κ2) is 5.93. The molecule has 6 heteroatoms. The SMILES string of the molecule is CC1(C)OB(c2cncc(CNC3CCOC3)c2)OC1(C)C. The standard InChI is InChI=1S/C16H25BN2O3/c1-15(2)16(3,4)22-17(21-15)13-7-12(8-18-10-13)9-19-14-5-6-20-11-14/h7-8,10,14,19H,5-6,9,11H2,1-4H3. The van der Waals surface area contributed by atoms with Crippen LogP contribution in [0.15, 0.2) is 18.5 Å². The minimum Gasteiger partial charge on any atom is -0.399 e. The number of nitrogens with one attached hydrogen (secondary N) is 1. The highest BCUT2D eigenvalue weighted by molar-refractivity contribution is 6.62. The number of nitrogens with zero attached hydrogens (tertiary/aromatic N) is 1. The van der Waals surface area contributed by atoms with Gasteiger partial charge in [0.2, 0.25) is 0 Å². The first kappa shape index (κ1) is 15.9. The van der Waals surface area contributed by atoms with E-state index in [9.17, 15) is 0 Å². The van der Waals surface area contributed by atoms with Gasteiger partial charge in [0, 0.05) is 37.0 Å². The molecule has 2 saturated heterocycles. The van der Waals surface area contributed by atoms with Crippen molar-refractivity contribution in [2.45, 2.75) is 57.9 Å². The van der Waals surface area contributed by atoms with Crippen LogP contribution in [0.2, 0.25) is 0 Å². The third-order valence-electron chi connectivity index (χ3n) is 4.87. The molecule has 1 unspecified atom stereocenters. The topological polar surface area (TPSA) is 52.6 Å². The number of pyridine rings is 1. The number of aromatic nitrogens is 1. The minimum absolute atomic E-state index is 0.326. The Balaban J connectivity index is 1.66. The Morgan fingerprint density at radius 2 is 1.95 bits per heavy atom. The van der Waals surface area contributed by atoms with E-state index >= 15 is 0 Å². The van der Waals surface area contributed by atoms with Gasteiger partial charge < -0.3 is 19.4 Å². The fraction of sp³-hybridized carbons (Fsp3) is 0.688. The van der Waals surface area contributed by atoms with E-state index in [1.54, 1.807) is 0 Å². The van der Waals surface area contributed by atoms with Crippen molar-refractivity contribution < 1.29 is 14.0 Å². The van der Waals surface area contributed by atoms with Crippen molar-refractivity contribution in [2.24, 2.45) is 0 Å². The molecule has 1 N–H and O–H groups in total. The van der Waals surface area contributed by atoms with Gasteiger partial charge >= 0.3 is 7.12 Å². The third-order valence-corrected chi connectivity index (χ3v) is 4.87. The Kier molecular flexibility index (Phi) is 4.29. The first-order valence-electron chi connectivity index (χ1n) is 7.98. The van der Waals surface area contributed by atoms with Crippen LogP contribution >= 0.6 is 0 Å². The summed E-state index contributed by atoms with van der Waals surface area (Å²) in [5, 5.41) is 3.50. The van der Waals surface area contributed by atoms with Crippen LogP contribution < -0.4 is 10.8 Å². The highest BCUT2D eigenvalue weighted by Crippen LogP contribution is 2.36. The van der Waals surface area contributed by atoms with Gasteiger partial charge in [-0.05, 0) is 39.7 Å². The molecule has 3 heterocycles. The van der Waals surface area contributed by atoms with Gasteiger partial charge in [0.1, 0.15) is 0 Å². The second-order valence-corrected chi connectivity index (χ2v) is 7.16. The monoisotopic (exact) mass is 304 g/mol. The molecular weight excluding hydrogens is 279 g/mol. The van der Waals surface area contributed by atoms with Crippen LogP contribution in [0, 0.1) is 0 Å². The Morgan fingerprint density at radius 3 is 2.59 bits per heavy atom. The summed E-state index contributed by atoms with van der Waals surface area (Å²) in [5.41, 5.74) is 1.46. The van der Waals surface area contributed by atoms with E-state index in [0.717, 1.165) is 37.2 Å². The molecule has 120 valence electrons. The summed E-state index contributed by atoms with van der Waals surface area (Å²) in [5.74, 6) is 0. The summed E-state index contributed by atoms with van der Waals surface area (Å²) in [7, 11) is -0.354. The Labute approximate surface area is 132 Å². The first-order valence-corrected chi connectivity index (χ1v) is 7.98. The molecule has 0 saturated carbocycles. The third kappa shape index (κ3) is 3.20. The van der Waals surface area contributed by atoms with Gasteiger partial charge in [0.25, 0.3) is 0 Å². The molecule has 5 nitrogen and oxygen atoms in total. The van der Waals surface area contributed by atoms with Crippen LogP contribution in [0.3, 0.4) is 0 Å². The van der Waals surface area contributed by atoms with Crippen molar-refractivity contribution in [1.82, 2.24) is 10.3 Å². The van der Waals surface area contributed by atoms with Gasteiger partial charge in [-0.25, -0.2) is 0 Å².